The van der Waals surface area contributed by atoms with Gasteiger partial charge in [-0.1, -0.05) is 12.1 Å². The third kappa shape index (κ3) is 3.68. The van der Waals surface area contributed by atoms with Crippen molar-refractivity contribution in [1.29, 1.82) is 0 Å². The third-order valence-corrected chi connectivity index (χ3v) is 4.12. The van der Waals surface area contributed by atoms with E-state index in [-0.39, 0.29) is 0 Å². The molecule has 0 radical (unpaired) electrons. The molecule has 0 unspecified atom stereocenters. The summed E-state index contributed by atoms with van der Waals surface area (Å²) in [5.41, 5.74) is 2.71. The molecule has 0 N–H and O–H groups in total. The highest BCUT2D eigenvalue weighted by Crippen LogP contribution is 2.12. The zero-order valence-electron chi connectivity index (χ0n) is 11.1. The van der Waals surface area contributed by atoms with E-state index in [0.29, 0.717) is 0 Å². The number of allylic oxidation sites excluding steroid dienone is 2. The van der Waals surface area contributed by atoms with E-state index in [1.54, 1.807) is 0 Å². The molecule has 0 bridgehead atoms. The average molecular weight is 357 g/mol. The van der Waals surface area contributed by atoms with Crippen molar-refractivity contribution in [2.24, 2.45) is 0 Å². The van der Waals surface area contributed by atoms with Gasteiger partial charge in [-0.2, -0.15) is 0 Å². The second kappa shape index (κ2) is 6.52. The van der Waals surface area contributed by atoms with Gasteiger partial charge in [0.25, 0.3) is 0 Å². The maximum atomic E-state index is 4.34. The molecule has 18 heavy (non-hydrogen) atoms. The van der Waals surface area contributed by atoms with Crippen LogP contribution in [0, 0.1) is 3.70 Å². The Morgan fingerprint density at radius 1 is 1.33 bits per heavy atom. The van der Waals surface area contributed by atoms with Gasteiger partial charge in [0.1, 0.15) is 3.70 Å². The minimum atomic E-state index is 1.02. The topological polar surface area (TPSA) is 19.4 Å². The van der Waals surface area contributed by atoms with Gasteiger partial charge in [-0.25, -0.2) is 0 Å². The van der Waals surface area contributed by atoms with E-state index in [1.807, 2.05) is 6.20 Å². The minimum Gasteiger partial charge on any atom is -0.373 e. The Labute approximate surface area is 123 Å². The number of nitrogens with zero attached hydrogens (tertiary/aromatic N) is 3. The van der Waals surface area contributed by atoms with Crippen LogP contribution in [0.3, 0.4) is 0 Å². The molecule has 1 aliphatic heterocycles. The number of halogens is 1. The first-order chi connectivity index (χ1) is 8.69. The molecule has 1 aliphatic rings. The fourth-order valence-electron chi connectivity index (χ4n) is 2.20. The molecule has 0 aromatic carbocycles. The second-order valence-electron chi connectivity index (χ2n) is 4.68. The Hall–Kier alpha value is -0.620. The van der Waals surface area contributed by atoms with E-state index >= 15 is 0 Å². The van der Waals surface area contributed by atoms with Gasteiger partial charge < -0.3 is 4.90 Å². The Morgan fingerprint density at radius 3 is 2.61 bits per heavy atom. The zero-order valence-corrected chi connectivity index (χ0v) is 13.2. The molecule has 4 heteroatoms. The number of rotatable bonds is 3. The summed E-state index contributed by atoms with van der Waals surface area (Å²) in [4.78, 5) is 9.31. The first-order valence-corrected chi connectivity index (χ1v) is 7.47. The standard InChI is InChI=1S/C14H20IN3/c1-3-12(2)18-8-6-17(7-9-18)11-13-4-5-14(15)16-10-13/h3-5,10H,6-9,11H2,1-2H3/b12-3-. The van der Waals surface area contributed by atoms with E-state index in [9.17, 15) is 0 Å². The zero-order chi connectivity index (χ0) is 13.0. The summed E-state index contributed by atoms with van der Waals surface area (Å²) in [6.45, 7) is 9.86. The fourth-order valence-corrected chi connectivity index (χ4v) is 2.52. The minimum absolute atomic E-state index is 1.02. The van der Waals surface area contributed by atoms with Gasteiger partial charge in [-0.3, -0.25) is 9.88 Å². The van der Waals surface area contributed by atoms with Crippen LogP contribution in [0.15, 0.2) is 30.1 Å². The largest absolute Gasteiger partial charge is 0.373 e. The summed E-state index contributed by atoms with van der Waals surface area (Å²) < 4.78 is 1.06. The molecule has 1 aromatic rings. The van der Waals surface area contributed by atoms with Gasteiger partial charge in [0, 0.05) is 44.6 Å². The molecule has 1 aromatic heterocycles. The SMILES string of the molecule is C/C=C(/C)N1CCN(Cc2ccc(I)nc2)CC1. The van der Waals surface area contributed by atoms with E-state index in [4.69, 9.17) is 0 Å². The second-order valence-corrected chi connectivity index (χ2v) is 5.79. The van der Waals surface area contributed by atoms with Crippen LogP contribution in [-0.2, 0) is 6.54 Å². The lowest BCUT2D eigenvalue weighted by Crippen LogP contribution is -2.44. The van der Waals surface area contributed by atoms with E-state index in [2.05, 4.69) is 69.4 Å². The molecule has 2 rings (SSSR count). The predicted molar refractivity (Wildman–Crippen MR) is 83.2 cm³/mol. The molecule has 3 nitrogen and oxygen atoms in total. The number of hydrogen-bond donors (Lipinski definition) is 0. The van der Waals surface area contributed by atoms with Gasteiger partial charge in [0.2, 0.25) is 0 Å². The van der Waals surface area contributed by atoms with Crippen molar-refractivity contribution < 1.29 is 0 Å². The van der Waals surface area contributed by atoms with E-state index in [0.717, 1.165) is 36.4 Å². The third-order valence-electron chi connectivity index (χ3n) is 3.48. The average Bonchev–Trinajstić information content (AvgIpc) is 2.41. The van der Waals surface area contributed by atoms with Crippen molar-refractivity contribution in [3.05, 3.63) is 39.4 Å². The molecule has 0 spiro atoms. The van der Waals surface area contributed by atoms with Crippen molar-refractivity contribution in [1.82, 2.24) is 14.8 Å². The molecule has 98 valence electrons. The highest BCUT2D eigenvalue weighted by molar-refractivity contribution is 14.1. The Morgan fingerprint density at radius 2 is 2.06 bits per heavy atom. The van der Waals surface area contributed by atoms with Crippen molar-refractivity contribution in [3.8, 4) is 0 Å². The monoisotopic (exact) mass is 357 g/mol. The van der Waals surface area contributed by atoms with Gasteiger partial charge in [-0.15, -0.1) is 0 Å². The van der Waals surface area contributed by atoms with Crippen LogP contribution < -0.4 is 0 Å². The predicted octanol–water partition coefficient (Wildman–Crippen LogP) is 2.73. The van der Waals surface area contributed by atoms with Crippen molar-refractivity contribution in [2.75, 3.05) is 26.2 Å². The normalized spacial score (nSPS) is 18.2. The lowest BCUT2D eigenvalue weighted by Gasteiger charge is -2.36. The van der Waals surface area contributed by atoms with E-state index in [1.165, 1.54) is 11.3 Å². The van der Waals surface area contributed by atoms with Gasteiger partial charge in [-0.05, 0) is 48.1 Å². The van der Waals surface area contributed by atoms with Gasteiger partial charge in [0.15, 0.2) is 0 Å². The quantitative estimate of drug-likeness (QED) is 0.613. The number of hydrogen-bond acceptors (Lipinski definition) is 3. The number of piperazine rings is 1. The van der Waals surface area contributed by atoms with Crippen LogP contribution in [0.25, 0.3) is 0 Å². The Kier molecular flexibility index (Phi) is 5.00. The van der Waals surface area contributed by atoms with Gasteiger partial charge in [0.05, 0.1) is 0 Å². The summed E-state index contributed by atoms with van der Waals surface area (Å²) in [6.07, 6.45) is 4.18. The lowest BCUT2D eigenvalue weighted by molar-refractivity contribution is 0.153. The first kappa shape index (κ1) is 13.8. The molecule has 1 fully saturated rings. The highest BCUT2D eigenvalue weighted by Gasteiger charge is 2.16. The summed E-state index contributed by atoms with van der Waals surface area (Å²) in [5.74, 6) is 0. The molecular weight excluding hydrogens is 337 g/mol. The van der Waals surface area contributed by atoms with Crippen molar-refractivity contribution >= 4 is 22.6 Å². The smallest absolute Gasteiger partial charge is 0.101 e. The number of pyridine rings is 1. The Bertz CT molecular complexity index is 406. The van der Waals surface area contributed by atoms with Crippen LogP contribution >= 0.6 is 22.6 Å². The molecule has 0 amide bonds. The van der Waals surface area contributed by atoms with Crippen LogP contribution in [0.2, 0.25) is 0 Å². The molecule has 0 saturated carbocycles. The molecule has 2 heterocycles. The van der Waals surface area contributed by atoms with E-state index < -0.39 is 0 Å². The van der Waals surface area contributed by atoms with Crippen molar-refractivity contribution in [3.63, 3.8) is 0 Å². The summed E-state index contributed by atoms with van der Waals surface area (Å²) in [7, 11) is 0. The molecular formula is C14H20IN3. The fraction of sp³-hybridized carbons (Fsp3) is 0.500. The van der Waals surface area contributed by atoms with Crippen LogP contribution in [0.5, 0.6) is 0 Å². The van der Waals surface area contributed by atoms with Gasteiger partial charge >= 0.3 is 0 Å². The molecule has 0 aliphatic carbocycles. The van der Waals surface area contributed by atoms with Crippen LogP contribution in [0.1, 0.15) is 19.4 Å². The summed E-state index contributed by atoms with van der Waals surface area (Å²) in [5, 5.41) is 0. The summed E-state index contributed by atoms with van der Waals surface area (Å²) >= 11 is 2.24. The van der Waals surface area contributed by atoms with Crippen molar-refractivity contribution in [2.45, 2.75) is 20.4 Å². The highest BCUT2D eigenvalue weighted by atomic mass is 127. The lowest BCUT2D eigenvalue weighted by atomic mass is 10.2. The molecule has 0 atom stereocenters. The Balaban J connectivity index is 1.85. The maximum Gasteiger partial charge on any atom is 0.101 e. The molecule has 1 saturated heterocycles. The van der Waals surface area contributed by atoms with Crippen LogP contribution in [0.4, 0.5) is 0 Å². The first-order valence-electron chi connectivity index (χ1n) is 6.39. The number of aromatic nitrogens is 1. The summed E-state index contributed by atoms with van der Waals surface area (Å²) in [6, 6.07) is 4.26. The van der Waals surface area contributed by atoms with Crippen LogP contribution in [-0.4, -0.2) is 41.0 Å². The maximum absolute atomic E-state index is 4.34.